The second-order valence-corrected chi connectivity index (χ2v) is 4.54. The van der Waals surface area contributed by atoms with E-state index < -0.39 is 0 Å². The van der Waals surface area contributed by atoms with Gasteiger partial charge >= 0.3 is 0 Å². The smallest absolute Gasteiger partial charge is 0.141 e. The van der Waals surface area contributed by atoms with Gasteiger partial charge < -0.3 is 19.5 Å². The average Bonchev–Trinajstić information content (AvgIpc) is 2.54. The van der Waals surface area contributed by atoms with Crippen LogP contribution >= 0.6 is 0 Å². The summed E-state index contributed by atoms with van der Waals surface area (Å²) in [6.07, 6.45) is 0. The molecule has 2 rings (SSSR count). The Morgan fingerprint density at radius 3 is 2.62 bits per heavy atom. The minimum absolute atomic E-state index is 0.555. The molecule has 2 aromatic carbocycles. The first kappa shape index (κ1) is 15.2. The van der Waals surface area contributed by atoms with Crippen molar-refractivity contribution in [2.75, 3.05) is 32.8 Å². The van der Waals surface area contributed by atoms with Crippen LogP contribution in [0.5, 0.6) is 11.5 Å². The van der Waals surface area contributed by atoms with Crippen molar-refractivity contribution < 1.29 is 14.2 Å². The third-order valence-electron chi connectivity index (χ3n) is 3.04. The summed E-state index contributed by atoms with van der Waals surface area (Å²) in [4.78, 5) is 0. The predicted molar refractivity (Wildman–Crippen MR) is 84.1 cm³/mol. The van der Waals surface area contributed by atoms with Crippen molar-refractivity contribution in [3.8, 4) is 11.5 Å². The molecule has 1 N–H and O–H groups in total. The summed E-state index contributed by atoms with van der Waals surface area (Å²) in [7, 11) is 3.34. The molecular formula is C17H21NO3. The van der Waals surface area contributed by atoms with Gasteiger partial charge in [0, 0.05) is 13.7 Å². The van der Waals surface area contributed by atoms with E-state index >= 15 is 0 Å². The van der Waals surface area contributed by atoms with Crippen LogP contribution in [0.25, 0.3) is 0 Å². The first-order valence-electron chi connectivity index (χ1n) is 6.91. The maximum Gasteiger partial charge on any atom is 0.141 e. The van der Waals surface area contributed by atoms with Crippen LogP contribution < -0.4 is 14.8 Å². The maximum absolute atomic E-state index is 5.61. The minimum Gasteiger partial charge on any atom is -0.495 e. The largest absolute Gasteiger partial charge is 0.495 e. The molecule has 112 valence electrons. The number of ether oxygens (including phenoxy) is 3. The van der Waals surface area contributed by atoms with Gasteiger partial charge in [-0.15, -0.1) is 0 Å². The van der Waals surface area contributed by atoms with Gasteiger partial charge in [0.2, 0.25) is 0 Å². The number of hydrogen-bond acceptors (Lipinski definition) is 4. The van der Waals surface area contributed by atoms with Gasteiger partial charge in [0.05, 0.1) is 19.4 Å². The monoisotopic (exact) mass is 287 g/mol. The van der Waals surface area contributed by atoms with Crippen molar-refractivity contribution in [2.45, 2.75) is 6.54 Å². The molecule has 21 heavy (non-hydrogen) atoms. The Kier molecular flexibility index (Phi) is 5.91. The lowest BCUT2D eigenvalue weighted by Crippen LogP contribution is -2.05. The highest BCUT2D eigenvalue weighted by molar-refractivity contribution is 5.56. The summed E-state index contributed by atoms with van der Waals surface area (Å²) in [5.41, 5.74) is 2.13. The SMILES string of the molecule is COCCOc1cccc(CNc2ccccc2OC)c1. The van der Waals surface area contributed by atoms with E-state index in [1.807, 2.05) is 42.5 Å². The fraction of sp³-hybridized carbons (Fsp3) is 0.294. The van der Waals surface area contributed by atoms with Crippen LogP contribution in [0.15, 0.2) is 48.5 Å². The van der Waals surface area contributed by atoms with Gasteiger partial charge in [-0.05, 0) is 29.8 Å². The number of methoxy groups -OCH3 is 2. The van der Waals surface area contributed by atoms with Crippen LogP contribution in [0.4, 0.5) is 5.69 Å². The predicted octanol–water partition coefficient (Wildman–Crippen LogP) is 3.33. The number of para-hydroxylation sites is 2. The van der Waals surface area contributed by atoms with Crippen LogP contribution in [0.3, 0.4) is 0 Å². The number of anilines is 1. The minimum atomic E-state index is 0.555. The van der Waals surface area contributed by atoms with Crippen molar-refractivity contribution >= 4 is 5.69 Å². The van der Waals surface area contributed by atoms with Crippen LogP contribution in [0.2, 0.25) is 0 Å². The van der Waals surface area contributed by atoms with E-state index in [9.17, 15) is 0 Å². The van der Waals surface area contributed by atoms with Crippen molar-refractivity contribution in [3.63, 3.8) is 0 Å². The molecule has 0 saturated carbocycles. The van der Waals surface area contributed by atoms with E-state index in [-0.39, 0.29) is 0 Å². The molecule has 0 fully saturated rings. The van der Waals surface area contributed by atoms with E-state index in [4.69, 9.17) is 14.2 Å². The Hall–Kier alpha value is -2.20. The Morgan fingerprint density at radius 1 is 0.952 bits per heavy atom. The third-order valence-corrected chi connectivity index (χ3v) is 3.04. The number of rotatable bonds is 8. The summed E-state index contributed by atoms with van der Waals surface area (Å²) >= 11 is 0. The third kappa shape index (κ3) is 4.68. The lowest BCUT2D eigenvalue weighted by Gasteiger charge is -2.12. The second-order valence-electron chi connectivity index (χ2n) is 4.54. The molecule has 0 atom stereocenters. The lowest BCUT2D eigenvalue weighted by molar-refractivity contribution is 0.146. The van der Waals surface area contributed by atoms with E-state index in [0.717, 1.165) is 22.7 Å². The first-order chi connectivity index (χ1) is 10.3. The zero-order valence-electron chi connectivity index (χ0n) is 12.5. The van der Waals surface area contributed by atoms with E-state index in [2.05, 4.69) is 11.4 Å². The highest BCUT2D eigenvalue weighted by Crippen LogP contribution is 2.24. The molecule has 2 aromatic rings. The summed E-state index contributed by atoms with van der Waals surface area (Å²) < 4.78 is 15.9. The normalized spacial score (nSPS) is 10.2. The first-order valence-corrected chi connectivity index (χ1v) is 6.91. The molecule has 0 heterocycles. The summed E-state index contributed by atoms with van der Waals surface area (Å²) in [5.74, 6) is 1.69. The van der Waals surface area contributed by atoms with Gasteiger partial charge in [-0.2, -0.15) is 0 Å². The van der Waals surface area contributed by atoms with Crippen LogP contribution in [-0.2, 0) is 11.3 Å². The van der Waals surface area contributed by atoms with Crippen molar-refractivity contribution in [1.82, 2.24) is 0 Å². The molecule has 4 heteroatoms. The summed E-state index contributed by atoms with van der Waals surface area (Å²) in [5, 5.41) is 3.37. The zero-order valence-corrected chi connectivity index (χ0v) is 12.5. The molecule has 0 aliphatic rings. The fourth-order valence-corrected chi connectivity index (χ4v) is 1.98. The van der Waals surface area contributed by atoms with Gasteiger partial charge in [0.1, 0.15) is 18.1 Å². The Bertz CT molecular complexity index is 557. The molecule has 4 nitrogen and oxygen atoms in total. The van der Waals surface area contributed by atoms with Crippen LogP contribution in [0, 0.1) is 0 Å². The Labute approximate surface area is 125 Å². The highest BCUT2D eigenvalue weighted by Gasteiger charge is 2.02. The van der Waals surface area contributed by atoms with Crippen molar-refractivity contribution in [2.24, 2.45) is 0 Å². The van der Waals surface area contributed by atoms with Crippen molar-refractivity contribution in [3.05, 3.63) is 54.1 Å². The molecule has 0 unspecified atom stereocenters. The van der Waals surface area contributed by atoms with Gasteiger partial charge in [0.15, 0.2) is 0 Å². The molecule has 0 spiro atoms. The second kappa shape index (κ2) is 8.17. The van der Waals surface area contributed by atoms with Gasteiger partial charge in [-0.25, -0.2) is 0 Å². The molecule has 0 bridgehead atoms. The Morgan fingerprint density at radius 2 is 1.81 bits per heavy atom. The van der Waals surface area contributed by atoms with Gasteiger partial charge in [-0.3, -0.25) is 0 Å². The quantitative estimate of drug-likeness (QED) is 0.756. The molecule has 0 aliphatic carbocycles. The van der Waals surface area contributed by atoms with Crippen molar-refractivity contribution in [1.29, 1.82) is 0 Å². The lowest BCUT2D eigenvalue weighted by atomic mass is 10.2. The molecule has 0 radical (unpaired) electrons. The maximum atomic E-state index is 5.61. The van der Waals surface area contributed by atoms with Gasteiger partial charge in [-0.1, -0.05) is 24.3 Å². The summed E-state index contributed by atoms with van der Waals surface area (Å²) in [6.45, 7) is 1.85. The number of hydrogen-bond donors (Lipinski definition) is 1. The Balaban J connectivity index is 1.95. The molecule has 0 aromatic heterocycles. The fourth-order valence-electron chi connectivity index (χ4n) is 1.98. The molecule has 0 saturated heterocycles. The van der Waals surface area contributed by atoms with E-state index in [0.29, 0.717) is 19.8 Å². The average molecular weight is 287 g/mol. The zero-order chi connectivity index (χ0) is 14.9. The van der Waals surface area contributed by atoms with E-state index in [1.165, 1.54) is 0 Å². The topological polar surface area (TPSA) is 39.7 Å². The highest BCUT2D eigenvalue weighted by atomic mass is 16.5. The van der Waals surface area contributed by atoms with Gasteiger partial charge in [0.25, 0.3) is 0 Å². The van der Waals surface area contributed by atoms with Crippen LogP contribution in [0.1, 0.15) is 5.56 Å². The molecule has 0 amide bonds. The molecule has 0 aliphatic heterocycles. The van der Waals surface area contributed by atoms with Crippen LogP contribution in [-0.4, -0.2) is 27.4 Å². The van der Waals surface area contributed by atoms with E-state index in [1.54, 1.807) is 14.2 Å². The summed E-state index contributed by atoms with van der Waals surface area (Å²) in [6, 6.07) is 15.9. The number of nitrogens with one attached hydrogen (secondary N) is 1. The number of benzene rings is 2. The standard InChI is InChI=1S/C17H21NO3/c1-19-10-11-21-15-7-5-6-14(12-15)13-18-16-8-3-4-9-17(16)20-2/h3-9,12,18H,10-11,13H2,1-2H3. The molecular weight excluding hydrogens is 266 g/mol.